The molecule has 5 nitrogen and oxygen atoms in total. The molecule has 5 heteroatoms. The normalized spacial score (nSPS) is 31.0. The first-order chi connectivity index (χ1) is 14.9. The highest BCUT2D eigenvalue weighted by atomic mass is 16.5. The van der Waals surface area contributed by atoms with Crippen LogP contribution in [-0.4, -0.2) is 67.9 Å². The lowest BCUT2D eigenvalue weighted by atomic mass is 9.64. The van der Waals surface area contributed by atoms with Crippen molar-refractivity contribution >= 4 is 0 Å². The zero-order valence-electron chi connectivity index (χ0n) is 19.9. The van der Waals surface area contributed by atoms with Gasteiger partial charge >= 0.3 is 0 Å². The molecule has 0 unspecified atom stereocenters. The third kappa shape index (κ3) is 3.98. The van der Waals surface area contributed by atoms with Gasteiger partial charge in [-0.3, -0.25) is 0 Å². The van der Waals surface area contributed by atoms with E-state index in [-0.39, 0.29) is 11.7 Å². The molecule has 1 aromatic carbocycles. The van der Waals surface area contributed by atoms with Crippen molar-refractivity contribution in [3.8, 4) is 11.5 Å². The Bertz CT molecular complexity index is 779. The minimum atomic E-state index is -0.261. The number of ether oxygens (including phenoxy) is 3. The van der Waals surface area contributed by atoms with Gasteiger partial charge in [-0.05, 0) is 97.6 Å². The van der Waals surface area contributed by atoms with Crippen LogP contribution in [0.2, 0.25) is 0 Å². The highest BCUT2D eigenvalue weighted by Crippen LogP contribution is 2.57. The standard InChI is InChI=1S/C26H40N2O3/c1-5-29-22-8-6-7-20-23-21(25(2,3)31-24(20)22)17-26(18-30-23)11-15-28(16-12-26)19-9-13-27(4)14-10-19/h6-8,19,21,23H,5,9-18H2,1-4H3/t21-,23+/m0/s1. The number of piperidine rings is 2. The molecule has 4 aliphatic rings. The van der Waals surface area contributed by atoms with Crippen LogP contribution in [0.25, 0.3) is 0 Å². The Labute approximate surface area is 188 Å². The van der Waals surface area contributed by atoms with Crippen molar-refractivity contribution in [2.45, 2.75) is 70.6 Å². The molecule has 3 saturated heterocycles. The molecule has 172 valence electrons. The van der Waals surface area contributed by atoms with Crippen molar-refractivity contribution in [3.05, 3.63) is 23.8 Å². The first kappa shape index (κ1) is 21.5. The summed E-state index contributed by atoms with van der Waals surface area (Å²) in [7, 11) is 2.25. The van der Waals surface area contributed by atoms with Gasteiger partial charge < -0.3 is 24.0 Å². The van der Waals surface area contributed by atoms with Gasteiger partial charge in [0.2, 0.25) is 0 Å². The molecular weight excluding hydrogens is 388 g/mol. The summed E-state index contributed by atoms with van der Waals surface area (Å²) in [5, 5.41) is 0. The van der Waals surface area contributed by atoms with Crippen LogP contribution in [0.5, 0.6) is 11.5 Å². The smallest absolute Gasteiger partial charge is 0.167 e. The fourth-order valence-electron chi connectivity index (χ4n) is 6.48. The largest absolute Gasteiger partial charge is 0.490 e. The maximum atomic E-state index is 6.70. The number of benzene rings is 1. The summed E-state index contributed by atoms with van der Waals surface area (Å²) in [5.41, 5.74) is 1.22. The molecule has 0 N–H and O–H groups in total. The van der Waals surface area contributed by atoms with Gasteiger partial charge in [0.15, 0.2) is 11.5 Å². The van der Waals surface area contributed by atoms with E-state index in [1.54, 1.807) is 0 Å². The summed E-state index contributed by atoms with van der Waals surface area (Å²) in [5.74, 6) is 2.12. The molecule has 31 heavy (non-hydrogen) atoms. The number of rotatable bonds is 3. The molecular formula is C26H40N2O3. The Balaban J connectivity index is 1.30. The average Bonchev–Trinajstić information content (AvgIpc) is 2.76. The second-order valence-corrected chi connectivity index (χ2v) is 10.9. The Morgan fingerprint density at radius 2 is 1.84 bits per heavy atom. The van der Waals surface area contributed by atoms with Crippen molar-refractivity contribution in [1.29, 1.82) is 0 Å². The lowest BCUT2D eigenvalue weighted by Gasteiger charge is -2.55. The zero-order chi connectivity index (χ0) is 21.6. The molecule has 0 aromatic heterocycles. The van der Waals surface area contributed by atoms with Crippen LogP contribution >= 0.6 is 0 Å². The molecule has 3 fully saturated rings. The monoisotopic (exact) mass is 428 g/mol. The maximum Gasteiger partial charge on any atom is 0.167 e. The molecule has 1 spiro atoms. The number of likely N-dealkylation sites (tertiary alicyclic amines) is 2. The molecule has 4 aliphatic heterocycles. The zero-order valence-corrected chi connectivity index (χ0v) is 19.9. The maximum absolute atomic E-state index is 6.70. The third-order valence-electron chi connectivity index (χ3n) is 8.52. The first-order valence-electron chi connectivity index (χ1n) is 12.4. The molecule has 5 rings (SSSR count). The lowest BCUT2D eigenvalue weighted by molar-refractivity contribution is -0.176. The predicted octanol–water partition coefficient (Wildman–Crippen LogP) is 4.51. The van der Waals surface area contributed by atoms with Crippen LogP contribution in [0.1, 0.15) is 64.5 Å². The van der Waals surface area contributed by atoms with E-state index in [0.29, 0.717) is 17.9 Å². The topological polar surface area (TPSA) is 34.2 Å². The Hall–Kier alpha value is -1.30. The van der Waals surface area contributed by atoms with Crippen LogP contribution in [0.3, 0.4) is 0 Å². The fourth-order valence-corrected chi connectivity index (χ4v) is 6.48. The lowest BCUT2D eigenvalue weighted by Crippen LogP contribution is -2.55. The van der Waals surface area contributed by atoms with E-state index < -0.39 is 0 Å². The molecule has 1 aromatic rings. The third-order valence-corrected chi connectivity index (χ3v) is 8.52. The van der Waals surface area contributed by atoms with Gasteiger partial charge in [-0.25, -0.2) is 0 Å². The molecule has 2 atom stereocenters. The number of hydrogen-bond acceptors (Lipinski definition) is 5. The summed E-state index contributed by atoms with van der Waals surface area (Å²) < 4.78 is 19.2. The van der Waals surface area contributed by atoms with Crippen molar-refractivity contribution in [1.82, 2.24) is 9.80 Å². The van der Waals surface area contributed by atoms with Crippen molar-refractivity contribution < 1.29 is 14.2 Å². The highest BCUT2D eigenvalue weighted by molar-refractivity contribution is 5.50. The molecule has 0 radical (unpaired) electrons. The van der Waals surface area contributed by atoms with Gasteiger partial charge in [0.25, 0.3) is 0 Å². The first-order valence-corrected chi connectivity index (χ1v) is 12.4. The van der Waals surface area contributed by atoms with E-state index >= 15 is 0 Å². The highest BCUT2D eigenvalue weighted by Gasteiger charge is 2.53. The van der Waals surface area contributed by atoms with E-state index in [1.165, 1.54) is 63.8 Å². The van der Waals surface area contributed by atoms with E-state index in [4.69, 9.17) is 14.2 Å². The average molecular weight is 429 g/mol. The number of para-hydroxylation sites is 1. The van der Waals surface area contributed by atoms with Crippen LogP contribution in [0.15, 0.2) is 18.2 Å². The minimum absolute atomic E-state index is 0.108. The summed E-state index contributed by atoms with van der Waals surface area (Å²) >= 11 is 0. The number of nitrogens with zero attached hydrogens (tertiary/aromatic N) is 2. The van der Waals surface area contributed by atoms with Crippen molar-refractivity contribution in [3.63, 3.8) is 0 Å². The predicted molar refractivity (Wildman–Crippen MR) is 123 cm³/mol. The Kier molecular flexibility index (Phi) is 5.72. The quantitative estimate of drug-likeness (QED) is 0.708. The second kappa shape index (κ2) is 8.24. The second-order valence-electron chi connectivity index (χ2n) is 10.9. The summed E-state index contributed by atoms with van der Waals surface area (Å²) in [6, 6.07) is 7.05. The summed E-state index contributed by atoms with van der Waals surface area (Å²) in [6.07, 6.45) is 6.46. The van der Waals surface area contributed by atoms with Gasteiger partial charge in [-0.15, -0.1) is 0 Å². The van der Waals surface area contributed by atoms with Crippen LogP contribution in [-0.2, 0) is 4.74 Å². The van der Waals surface area contributed by atoms with E-state index in [2.05, 4.69) is 42.8 Å². The number of hydrogen-bond donors (Lipinski definition) is 0. The summed E-state index contributed by atoms with van der Waals surface area (Å²) in [6.45, 7) is 13.0. The van der Waals surface area contributed by atoms with Crippen molar-refractivity contribution in [2.75, 3.05) is 46.4 Å². The van der Waals surface area contributed by atoms with Crippen LogP contribution in [0.4, 0.5) is 0 Å². The van der Waals surface area contributed by atoms with Gasteiger partial charge in [0.1, 0.15) is 5.60 Å². The van der Waals surface area contributed by atoms with E-state index in [9.17, 15) is 0 Å². The van der Waals surface area contributed by atoms with E-state index in [0.717, 1.165) is 24.1 Å². The van der Waals surface area contributed by atoms with Crippen LogP contribution < -0.4 is 9.47 Å². The minimum Gasteiger partial charge on any atom is -0.490 e. The molecule has 0 saturated carbocycles. The molecule has 0 amide bonds. The molecule has 4 heterocycles. The fraction of sp³-hybridized carbons (Fsp3) is 0.769. The molecule has 0 bridgehead atoms. The van der Waals surface area contributed by atoms with E-state index in [1.807, 2.05) is 13.0 Å². The Morgan fingerprint density at radius 1 is 1.10 bits per heavy atom. The van der Waals surface area contributed by atoms with Gasteiger partial charge in [-0.2, -0.15) is 0 Å². The van der Waals surface area contributed by atoms with Gasteiger partial charge in [0.05, 0.1) is 19.3 Å². The van der Waals surface area contributed by atoms with Crippen molar-refractivity contribution in [2.24, 2.45) is 11.3 Å². The Morgan fingerprint density at radius 3 is 2.55 bits per heavy atom. The van der Waals surface area contributed by atoms with Gasteiger partial charge in [0, 0.05) is 17.5 Å². The molecule has 0 aliphatic carbocycles. The van der Waals surface area contributed by atoms with Gasteiger partial charge in [-0.1, -0.05) is 12.1 Å². The number of fused-ring (bicyclic) bond motifs is 3. The SMILES string of the molecule is CCOc1cccc2c1OC(C)(C)[C@H]1CC3(CCN(C4CCN(C)CC4)CC3)CO[C@H]21. The van der Waals surface area contributed by atoms with Crippen LogP contribution in [0, 0.1) is 11.3 Å². The summed E-state index contributed by atoms with van der Waals surface area (Å²) in [4.78, 5) is 5.24.